The van der Waals surface area contributed by atoms with Crippen LogP contribution in [0.25, 0.3) is 0 Å². The fourth-order valence-electron chi connectivity index (χ4n) is 1.19. The highest BCUT2D eigenvalue weighted by molar-refractivity contribution is 5.90. The van der Waals surface area contributed by atoms with E-state index in [1.54, 1.807) is 12.1 Å². The van der Waals surface area contributed by atoms with Crippen LogP contribution in [0.4, 0.5) is 5.69 Å². The molecule has 0 heterocycles. The van der Waals surface area contributed by atoms with E-state index in [-0.39, 0.29) is 11.7 Å². The van der Waals surface area contributed by atoms with Gasteiger partial charge in [-0.15, -0.1) is 0 Å². The molecule has 1 aromatic carbocycles. The molecule has 0 saturated carbocycles. The molecule has 86 valence electrons. The molecule has 0 bridgehead atoms. The van der Waals surface area contributed by atoms with Crippen LogP contribution in [0, 0.1) is 0 Å². The molecule has 1 N–H and O–H groups in total. The van der Waals surface area contributed by atoms with E-state index in [0.29, 0.717) is 24.5 Å². The van der Waals surface area contributed by atoms with Gasteiger partial charge in [0.2, 0.25) is 5.91 Å². The van der Waals surface area contributed by atoms with E-state index in [4.69, 9.17) is 4.74 Å². The Morgan fingerprint density at radius 2 is 1.94 bits per heavy atom. The van der Waals surface area contributed by atoms with Crippen molar-refractivity contribution in [3.8, 4) is 5.75 Å². The summed E-state index contributed by atoms with van der Waals surface area (Å²) in [6.07, 6.45) is 0.369. The van der Waals surface area contributed by atoms with E-state index < -0.39 is 0 Å². The summed E-state index contributed by atoms with van der Waals surface area (Å²) in [5, 5.41) is 2.66. The van der Waals surface area contributed by atoms with Gasteiger partial charge in [-0.2, -0.15) is 0 Å². The second-order valence-corrected chi connectivity index (χ2v) is 3.48. The third kappa shape index (κ3) is 4.13. The summed E-state index contributed by atoms with van der Waals surface area (Å²) in [5.41, 5.74) is 0.624. The minimum Gasteiger partial charge on any atom is -0.491 e. The lowest BCUT2D eigenvalue weighted by atomic mass is 10.3. The smallest absolute Gasteiger partial charge is 0.221 e. The Hall–Kier alpha value is -1.84. The van der Waals surface area contributed by atoms with Crippen LogP contribution in [0.2, 0.25) is 0 Å². The lowest BCUT2D eigenvalue weighted by Gasteiger charge is -2.10. The summed E-state index contributed by atoms with van der Waals surface area (Å²) in [6, 6.07) is 7.13. The second-order valence-electron chi connectivity index (χ2n) is 3.48. The van der Waals surface area contributed by atoms with Crippen LogP contribution in [-0.2, 0) is 9.59 Å². The minimum atomic E-state index is -0.150. The van der Waals surface area contributed by atoms with Gasteiger partial charge in [0.05, 0.1) is 12.3 Å². The fourth-order valence-corrected chi connectivity index (χ4v) is 1.19. The third-order valence-electron chi connectivity index (χ3n) is 1.91. The molecular formula is C12H15NO3. The van der Waals surface area contributed by atoms with Crippen LogP contribution in [-0.4, -0.2) is 18.3 Å². The predicted octanol–water partition coefficient (Wildman–Crippen LogP) is 2.00. The van der Waals surface area contributed by atoms with E-state index in [9.17, 15) is 9.59 Å². The number of carbonyl (C=O) groups excluding carboxylic acids is 2. The maximum absolute atomic E-state index is 10.9. The molecule has 0 atom stereocenters. The number of rotatable bonds is 5. The number of benzene rings is 1. The molecule has 0 aliphatic heterocycles. The highest BCUT2D eigenvalue weighted by atomic mass is 16.5. The van der Waals surface area contributed by atoms with Crippen molar-refractivity contribution in [1.82, 2.24) is 0 Å². The normalized spacial score (nSPS) is 9.62. The molecule has 0 spiro atoms. The lowest BCUT2D eigenvalue weighted by molar-refractivity contribution is -0.117. The van der Waals surface area contributed by atoms with Crippen LogP contribution in [0.5, 0.6) is 5.75 Å². The Kier molecular flexibility index (Phi) is 4.51. The van der Waals surface area contributed by atoms with Crippen molar-refractivity contribution in [3.05, 3.63) is 24.3 Å². The summed E-state index contributed by atoms with van der Waals surface area (Å²) in [7, 11) is 0. The largest absolute Gasteiger partial charge is 0.491 e. The van der Waals surface area contributed by atoms with E-state index in [1.165, 1.54) is 13.8 Å². The minimum absolute atomic E-state index is 0.0806. The van der Waals surface area contributed by atoms with Crippen molar-refractivity contribution < 1.29 is 14.3 Å². The Morgan fingerprint density at radius 3 is 2.56 bits per heavy atom. The number of ether oxygens (including phenoxy) is 1. The molecular weight excluding hydrogens is 206 g/mol. The Bertz CT molecular complexity index is 388. The quantitative estimate of drug-likeness (QED) is 0.827. The molecule has 4 heteroatoms. The maximum atomic E-state index is 10.9. The molecule has 0 aromatic heterocycles. The molecule has 0 fully saturated rings. The first kappa shape index (κ1) is 12.2. The molecule has 1 rings (SSSR count). The summed E-state index contributed by atoms with van der Waals surface area (Å²) >= 11 is 0. The Balaban J connectivity index is 2.63. The van der Waals surface area contributed by atoms with Crippen molar-refractivity contribution in [2.45, 2.75) is 20.3 Å². The molecule has 0 unspecified atom stereocenters. The Morgan fingerprint density at radius 1 is 1.25 bits per heavy atom. The number of ketones is 1. The van der Waals surface area contributed by atoms with Gasteiger partial charge in [-0.05, 0) is 19.1 Å². The number of para-hydroxylation sites is 2. The highest BCUT2D eigenvalue weighted by Crippen LogP contribution is 2.23. The van der Waals surface area contributed by atoms with Gasteiger partial charge in [0.15, 0.2) is 0 Å². The molecule has 0 saturated heterocycles. The van der Waals surface area contributed by atoms with Gasteiger partial charge < -0.3 is 10.1 Å². The monoisotopic (exact) mass is 221 g/mol. The fraction of sp³-hybridized carbons (Fsp3) is 0.333. The second kappa shape index (κ2) is 5.90. The first-order chi connectivity index (χ1) is 7.59. The maximum Gasteiger partial charge on any atom is 0.221 e. The SMILES string of the molecule is CC(=O)CCOc1ccccc1NC(C)=O. The van der Waals surface area contributed by atoms with E-state index in [0.717, 1.165) is 0 Å². The number of hydrogen-bond acceptors (Lipinski definition) is 3. The van der Waals surface area contributed by atoms with E-state index in [1.807, 2.05) is 12.1 Å². The van der Waals surface area contributed by atoms with E-state index >= 15 is 0 Å². The van der Waals surface area contributed by atoms with Gasteiger partial charge in [-0.3, -0.25) is 9.59 Å². The number of nitrogens with one attached hydrogen (secondary N) is 1. The van der Waals surface area contributed by atoms with Crippen LogP contribution in [0.1, 0.15) is 20.3 Å². The van der Waals surface area contributed by atoms with Gasteiger partial charge in [0.25, 0.3) is 0 Å². The summed E-state index contributed by atoms with van der Waals surface area (Å²) in [4.78, 5) is 21.7. The van der Waals surface area contributed by atoms with Crippen LogP contribution in [0.15, 0.2) is 24.3 Å². The van der Waals surface area contributed by atoms with Gasteiger partial charge in [0, 0.05) is 13.3 Å². The average Bonchev–Trinajstić information content (AvgIpc) is 2.19. The lowest BCUT2D eigenvalue weighted by Crippen LogP contribution is -2.09. The first-order valence-corrected chi connectivity index (χ1v) is 5.08. The summed E-state index contributed by atoms with van der Waals surface area (Å²) in [5.74, 6) is 0.513. The molecule has 0 radical (unpaired) electrons. The summed E-state index contributed by atoms with van der Waals surface area (Å²) in [6.45, 7) is 3.28. The van der Waals surface area contributed by atoms with E-state index in [2.05, 4.69) is 5.32 Å². The topological polar surface area (TPSA) is 55.4 Å². The average molecular weight is 221 g/mol. The Labute approximate surface area is 94.6 Å². The van der Waals surface area contributed by atoms with Crippen LogP contribution in [0.3, 0.4) is 0 Å². The summed E-state index contributed by atoms with van der Waals surface area (Å²) < 4.78 is 5.41. The van der Waals surface area contributed by atoms with Crippen LogP contribution >= 0.6 is 0 Å². The third-order valence-corrected chi connectivity index (χ3v) is 1.91. The van der Waals surface area contributed by atoms with Gasteiger partial charge >= 0.3 is 0 Å². The highest BCUT2D eigenvalue weighted by Gasteiger charge is 2.04. The zero-order valence-corrected chi connectivity index (χ0v) is 9.45. The van der Waals surface area contributed by atoms with Crippen molar-refractivity contribution in [3.63, 3.8) is 0 Å². The molecule has 4 nitrogen and oxygen atoms in total. The zero-order chi connectivity index (χ0) is 12.0. The van der Waals surface area contributed by atoms with Crippen molar-refractivity contribution in [2.75, 3.05) is 11.9 Å². The van der Waals surface area contributed by atoms with Gasteiger partial charge in [-0.25, -0.2) is 0 Å². The molecule has 0 aliphatic carbocycles. The molecule has 0 aliphatic rings. The van der Waals surface area contributed by atoms with Crippen molar-refractivity contribution >= 4 is 17.4 Å². The standard InChI is InChI=1S/C12H15NO3/c1-9(14)7-8-16-12-6-4-3-5-11(12)13-10(2)15/h3-6H,7-8H2,1-2H3,(H,13,15). The molecule has 1 aromatic rings. The number of carbonyl (C=O) groups is 2. The van der Waals surface area contributed by atoms with Gasteiger partial charge in [-0.1, -0.05) is 12.1 Å². The zero-order valence-electron chi connectivity index (χ0n) is 9.45. The number of Topliss-reactive ketones (excluding diaryl/α,β-unsaturated/α-hetero) is 1. The number of amides is 1. The first-order valence-electron chi connectivity index (χ1n) is 5.08. The van der Waals surface area contributed by atoms with Gasteiger partial charge in [0.1, 0.15) is 11.5 Å². The number of anilines is 1. The predicted molar refractivity (Wildman–Crippen MR) is 61.5 cm³/mol. The van der Waals surface area contributed by atoms with Crippen molar-refractivity contribution in [1.29, 1.82) is 0 Å². The number of hydrogen-bond donors (Lipinski definition) is 1. The molecule has 16 heavy (non-hydrogen) atoms. The van der Waals surface area contributed by atoms with Crippen LogP contribution < -0.4 is 10.1 Å². The molecule has 1 amide bonds. The van der Waals surface area contributed by atoms with Crippen molar-refractivity contribution in [2.24, 2.45) is 0 Å².